The zero-order valence-corrected chi connectivity index (χ0v) is 50.9. The fourth-order valence-electron chi connectivity index (χ4n) is 11.7. The largest absolute Gasteiger partial charge is 0.476 e. The number of benzene rings is 3. The molecule has 466 valence electrons. The van der Waals surface area contributed by atoms with E-state index in [2.05, 4.69) is 35.6 Å². The monoisotopic (exact) mass is 1230 g/mol. The molecule has 3 fully saturated rings. The highest BCUT2D eigenvalue weighted by molar-refractivity contribution is 7.13. The van der Waals surface area contributed by atoms with Crippen LogP contribution in [0.2, 0.25) is 0 Å². The molecule has 3 aliphatic heterocycles. The van der Waals surface area contributed by atoms with Gasteiger partial charge in [-0.2, -0.15) is 13.2 Å². The van der Waals surface area contributed by atoms with E-state index < -0.39 is 52.9 Å². The molecule has 3 N–H and O–H groups in total. The molecule has 18 nitrogen and oxygen atoms in total. The number of thiazole rings is 1. The van der Waals surface area contributed by atoms with E-state index >= 15 is 4.39 Å². The highest BCUT2D eigenvalue weighted by Gasteiger charge is 2.44. The van der Waals surface area contributed by atoms with E-state index in [4.69, 9.17) is 9.26 Å². The van der Waals surface area contributed by atoms with Crippen LogP contribution < -0.4 is 25.2 Å². The van der Waals surface area contributed by atoms with Crippen LogP contribution in [0.4, 0.5) is 39.3 Å². The van der Waals surface area contributed by atoms with E-state index in [1.54, 1.807) is 17.4 Å². The Morgan fingerprint density at radius 3 is 2.16 bits per heavy atom. The number of carbonyl (C=O) groups is 4. The fraction of sp³-hybridized carbons (Fsp3) is 0.492. The van der Waals surface area contributed by atoms with Gasteiger partial charge >= 0.3 is 6.18 Å². The van der Waals surface area contributed by atoms with Gasteiger partial charge in [0.2, 0.25) is 23.7 Å². The molecule has 0 radical (unpaired) electrons. The van der Waals surface area contributed by atoms with Crippen molar-refractivity contribution in [2.45, 2.75) is 135 Å². The molecule has 0 bridgehead atoms. The molecule has 0 unspecified atom stereocenters. The summed E-state index contributed by atoms with van der Waals surface area (Å²) in [6.45, 7) is 14.8. The second kappa shape index (κ2) is 28.1. The first-order valence-corrected chi connectivity index (χ1v) is 30.6. The van der Waals surface area contributed by atoms with Crippen molar-refractivity contribution < 1.29 is 55.5 Å². The number of halogens is 5. The molecule has 3 aromatic heterocycles. The van der Waals surface area contributed by atoms with Gasteiger partial charge in [0, 0.05) is 100 Å². The lowest BCUT2D eigenvalue weighted by Gasteiger charge is -2.44. The second-order valence-electron chi connectivity index (χ2n) is 23.4. The van der Waals surface area contributed by atoms with Crippen molar-refractivity contribution in [1.29, 1.82) is 0 Å². The number of rotatable bonds is 22. The number of likely N-dealkylation sites (N-methyl/N-ethyl adjacent to an activating group) is 1. The smallest absolute Gasteiger partial charge is 0.417 e. The third kappa shape index (κ3) is 15.4. The molecule has 4 amide bonds. The van der Waals surface area contributed by atoms with Gasteiger partial charge in [-0.25, -0.2) is 23.7 Å². The molecular weight excluding hydrogens is 1150 g/mol. The summed E-state index contributed by atoms with van der Waals surface area (Å²) in [4.78, 5) is 78.4. The molecule has 6 heterocycles. The minimum Gasteiger partial charge on any atom is -0.476 e. The maximum Gasteiger partial charge on any atom is 0.417 e. The fourth-order valence-corrected chi connectivity index (χ4v) is 12.5. The summed E-state index contributed by atoms with van der Waals surface area (Å²) in [5.74, 6) is -3.56. The Labute approximate surface area is 507 Å². The van der Waals surface area contributed by atoms with Gasteiger partial charge in [-0.3, -0.25) is 24.1 Å². The number of unbranched alkanes of at least 4 members (excludes halogenated alkanes) is 5. The molecule has 0 spiro atoms. The van der Waals surface area contributed by atoms with Gasteiger partial charge in [0.1, 0.15) is 23.6 Å². The number of aliphatic hydroxyl groups is 1. The molecule has 3 aliphatic rings. The van der Waals surface area contributed by atoms with Crippen molar-refractivity contribution in [3.63, 3.8) is 0 Å². The van der Waals surface area contributed by atoms with Crippen molar-refractivity contribution >= 4 is 52.3 Å². The van der Waals surface area contributed by atoms with Gasteiger partial charge in [0.25, 0.3) is 11.8 Å². The Morgan fingerprint density at radius 2 is 1.51 bits per heavy atom. The molecule has 3 saturated heterocycles. The van der Waals surface area contributed by atoms with Crippen LogP contribution in [-0.4, -0.2) is 147 Å². The van der Waals surface area contributed by atoms with Crippen molar-refractivity contribution in [2.75, 3.05) is 74.6 Å². The highest BCUT2D eigenvalue weighted by atomic mass is 32.1. The van der Waals surface area contributed by atoms with Gasteiger partial charge in [0.15, 0.2) is 5.76 Å². The minimum absolute atomic E-state index is 0.00768. The zero-order chi connectivity index (χ0) is 62.3. The number of aliphatic hydroxyl groups excluding tert-OH is 1. The van der Waals surface area contributed by atoms with Crippen molar-refractivity contribution in [3.05, 3.63) is 118 Å². The predicted octanol–water partition coefficient (Wildman–Crippen LogP) is 10.7. The first kappa shape index (κ1) is 63.9. The quantitative estimate of drug-likeness (QED) is 0.0428. The van der Waals surface area contributed by atoms with Crippen LogP contribution in [-0.2, 0) is 20.6 Å². The molecular formula is C63H76F5N11O7S. The number of ether oxygens (including phenoxy) is 1. The number of anilines is 3. The predicted molar refractivity (Wildman–Crippen MR) is 321 cm³/mol. The summed E-state index contributed by atoms with van der Waals surface area (Å²) in [6.07, 6.45) is 2.75. The lowest BCUT2D eigenvalue weighted by molar-refractivity contribution is -0.141. The van der Waals surface area contributed by atoms with E-state index in [0.29, 0.717) is 64.0 Å². The highest BCUT2D eigenvalue weighted by Crippen LogP contribution is 2.39. The molecule has 6 aromatic rings. The summed E-state index contributed by atoms with van der Waals surface area (Å²) in [6, 6.07) is 12.9. The first-order chi connectivity index (χ1) is 41.5. The van der Waals surface area contributed by atoms with Gasteiger partial charge in [-0.1, -0.05) is 63.8 Å². The number of β-amino-alcohol motifs (C(OH)–C–C–N with tert-alkyl or cyclic N) is 1. The molecule has 24 heteroatoms. The molecule has 6 atom stereocenters. The van der Waals surface area contributed by atoms with E-state index in [-0.39, 0.29) is 89.2 Å². The summed E-state index contributed by atoms with van der Waals surface area (Å²) in [5.41, 5.74) is 3.11. The van der Waals surface area contributed by atoms with Gasteiger partial charge < -0.3 is 44.6 Å². The Hall–Kier alpha value is -7.57. The van der Waals surface area contributed by atoms with Gasteiger partial charge in [-0.15, -0.1) is 11.3 Å². The van der Waals surface area contributed by atoms with Crippen LogP contribution >= 0.6 is 11.3 Å². The lowest BCUT2D eigenvalue weighted by atomic mass is 9.91. The van der Waals surface area contributed by atoms with Crippen LogP contribution in [0, 0.1) is 24.5 Å². The number of likely N-dealkylation sites (tertiary alicyclic amines) is 1. The van der Waals surface area contributed by atoms with Crippen LogP contribution in [0.25, 0.3) is 21.6 Å². The topological polar surface area (TPSA) is 203 Å². The van der Waals surface area contributed by atoms with E-state index in [0.717, 1.165) is 72.4 Å². The van der Waals surface area contributed by atoms with Crippen molar-refractivity contribution in [1.82, 2.24) is 40.1 Å². The number of nitrogens with zero attached hydrogens (tertiary/aromatic N) is 9. The summed E-state index contributed by atoms with van der Waals surface area (Å²) in [5, 5.41) is 20.4. The normalized spacial score (nSPS) is 19.1. The number of carbonyl (C=O) groups excluding carboxylic acids is 4. The van der Waals surface area contributed by atoms with E-state index in [1.807, 2.05) is 93.1 Å². The van der Waals surface area contributed by atoms with E-state index in [9.17, 15) is 41.8 Å². The third-order valence-electron chi connectivity index (χ3n) is 16.9. The number of hydrogen-bond acceptors (Lipinski definition) is 15. The Morgan fingerprint density at radius 1 is 0.828 bits per heavy atom. The number of alkyl halides is 3. The summed E-state index contributed by atoms with van der Waals surface area (Å²) >= 11 is 1.57. The Balaban J connectivity index is 0.692. The third-order valence-corrected chi connectivity index (χ3v) is 17.8. The molecule has 3 aromatic carbocycles. The Bertz CT molecular complexity index is 3340. The molecule has 87 heavy (non-hydrogen) atoms. The van der Waals surface area contributed by atoms with Crippen LogP contribution in [0.15, 0.2) is 83.1 Å². The zero-order valence-electron chi connectivity index (χ0n) is 50.1. The molecule has 9 rings (SSSR count). The van der Waals surface area contributed by atoms with Gasteiger partial charge in [-0.05, 0) is 100 Å². The average molecular weight is 1230 g/mol. The SMILES string of the molecule is Cc1ncsc1-c1ccc([C@H](C)NC(=O)[C@@H]2C[C@@H](O)CN2C(=O)[C@@H](c2cc(OCCCCCCCCC(=O)N3CCN(c4ncc(-c5cc(NC(=O)c6ccc(F)cc6C(F)(F)F)c(N6C[C@@H](C)N(C)[C@@H](C)C6)cc5F)cn4)CC3)no2)C(C)C)cc1. The number of amides is 4. The van der Waals surface area contributed by atoms with Gasteiger partial charge in [0.05, 0.1) is 57.3 Å². The van der Waals surface area contributed by atoms with Crippen LogP contribution in [0.1, 0.15) is 131 Å². The number of hydrogen-bond donors (Lipinski definition) is 3. The van der Waals surface area contributed by atoms with Crippen LogP contribution in [0.5, 0.6) is 5.88 Å². The average Bonchev–Trinajstić information content (AvgIpc) is 2.48. The maximum atomic E-state index is 16.2. The standard InChI is InChI=1S/C63H76F5N11O7S/c1-37(2)57(61(84)79-35-46(80)27-53(79)60(83)72-40(5)42-15-17-43(18-16-42)58-41(6)71-36-87-58)54-30-55(74-86-54)85-25-13-11-9-8-10-12-14-56(81)76-21-23-77(24-22-76)62-69-31-44(32-70-62)48-28-51(52(29-50(48)65)78-33-38(3)75(7)39(4)34-78)73-59(82)47-20-19-45(64)26-49(47)63(66,67)68/h15-20,26,28-32,36-40,46,53,57,80H,8-14,21-25,27,33-35H2,1-7H3,(H,72,83)(H,73,82)/t38-,39+,40-,46+,53-,57+/m0/s1. The minimum atomic E-state index is -5.02. The number of piperazine rings is 2. The number of nitrogens with one attached hydrogen (secondary N) is 2. The first-order valence-electron chi connectivity index (χ1n) is 29.8. The summed E-state index contributed by atoms with van der Waals surface area (Å²) in [7, 11) is 1.97. The Kier molecular flexibility index (Phi) is 20.6. The molecule has 0 aliphatic carbocycles. The number of aryl methyl sites for hydroxylation is 1. The van der Waals surface area contributed by atoms with Crippen molar-refractivity contribution in [2.24, 2.45) is 5.92 Å². The molecule has 0 saturated carbocycles. The van der Waals surface area contributed by atoms with Crippen molar-refractivity contribution in [3.8, 4) is 27.4 Å². The van der Waals surface area contributed by atoms with Crippen LogP contribution in [0.3, 0.4) is 0 Å². The lowest BCUT2D eigenvalue weighted by Crippen LogP contribution is -2.55. The number of aromatic nitrogens is 4. The van der Waals surface area contributed by atoms with E-state index in [1.165, 1.54) is 29.4 Å². The summed E-state index contributed by atoms with van der Waals surface area (Å²) < 4.78 is 83.7. The maximum absolute atomic E-state index is 16.2. The second-order valence-corrected chi connectivity index (χ2v) is 24.3.